The van der Waals surface area contributed by atoms with E-state index in [0.29, 0.717) is 12.0 Å². The third kappa shape index (κ3) is 5.12. The van der Waals surface area contributed by atoms with Crippen LogP contribution < -0.4 is 0 Å². The van der Waals surface area contributed by atoms with Crippen LogP contribution in [0.4, 0.5) is 0 Å². The van der Waals surface area contributed by atoms with Crippen molar-refractivity contribution in [3.8, 4) is 0 Å². The van der Waals surface area contributed by atoms with E-state index in [4.69, 9.17) is 9.84 Å². The Hall–Kier alpha value is -0.830. The van der Waals surface area contributed by atoms with Crippen molar-refractivity contribution in [1.82, 2.24) is 0 Å². The van der Waals surface area contributed by atoms with Crippen molar-refractivity contribution in [3.63, 3.8) is 0 Å². The first-order chi connectivity index (χ1) is 10.7. The molecule has 4 atom stereocenters. The lowest BCUT2D eigenvalue weighted by Crippen LogP contribution is -2.30. The van der Waals surface area contributed by atoms with Crippen LogP contribution in [0, 0.1) is 17.8 Å². The maximum absolute atomic E-state index is 10.5. The first kappa shape index (κ1) is 17.5. The van der Waals surface area contributed by atoms with Crippen LogP contribution in [-0.4, -0.2) is 23.8 Å². The highest BCUT2D eigenvalue weighted by atomic mass is 16.5. The van der Waals surface area contributed by atoms with Crippen LogP contribution in [0.1, 0.15) is 71.1 Å². The van der Waals surface area contributed by atoms with E-state index in [0.717, 1.165) is 37.7 Å². The second-order valence-electron chi connectivity index (χ2n) is 7.03. The number of ether oxygens (including phenoxy) is 1. The highest BCUT2D eigenvalue weighted by Crippen LogP contribution is 2.51. The quantitative estimate of drug-likeness (QED) is 0.440. The molecule has 2 aliphatic carbocycles. The monoisotopic (exact) mass is 308 g/mol. The van der Waals surface area contributed by atoms with Crippen LogP contribution in [0.15, 0.2) is 12.2 Å². The van der Waals surface area contributed by atoms with Gasteiger partial charge in [-0.3, -0.25) is 4.79 Å². The Morgan fingerprint density at radius 2 is 2.00 bits per heavy atom. The molecular formula is C19H32O3. The Labute approximate surface area is 135 Å². The van der Waals surface area contributed by atoms with E-state index in [9.17, 15) is 4.79 Å². The topological polar surface area (TPSA) is 46.5 Å². The molecule has 3 heteroatoms. The lowest BCUT2D eigenvalue weighted by molar-refractivity contribution is -0.137. The highest BCUT2D eigenvalue weighted by Gasteiger charge is 2.47. The summed E-state index contributed by atoms with van der Waals surface area (Å²) < 4.78 is 6.25. The summed E-state index contributed by atoms with van der Waals surface area (Å²) in [6, 6.07) is 0. The maximum atomic E-state index is 10.5. The average molecular weight is 308 g/mol. The van der Waals surface area contributed by atoms with E-state index in [1.54, 1.807) is 0 Å². The molecule has 126 valence electrons. The number of unbranched alkanes of at least 4 members (excludes halogenated alkanes) is 3. The van der Waals surface area contributed by atoms with Crippen LogP contribution in [-0.2, 0) is 9.53 Å². The number of rotatable bonds is 11. The van der Waals surface area contributed by atoms with Gasteiger partial charge < -0.3 is 9.84 Å². The van der Waals surface area contributed by atoms with Crippen molar-refractivity contribution >= 4 is 5.97 Å². The number of carboxylic acids is 1. The molecule has 3 nitrogen and oxygen atoms in total. The Balaban J connectivity index is 1.70. The molecule has 2 bridgehead atoms. The van der Waals surface area contributed by atoms with Gasteiger partial charge in [0.25, 0.3) is 0 Å². The van der Waals surface area contributed by atoms with Crippen molar-refractivity contribution in [2.75, 3.05) is 6.61 Å². The van der Waals surface area contributed by atoms with Crippen LogP contribution >= 0.6 is 0 Å². The van der Waals surface area contributed by atoms with Crippen LogP contribution in [0.5, 0.6) is 0 Å². The van der Waals surface area contributed by atoms with Gasteiger partial charge in [-0.05, 0) is 62.7 Å². The molecule has 0 heterocycles. The minimum absolute atomic E-state index is 0.279. The third-order valence-corrected chi connectivity index (χ3v) is 5.40. The molecule has 0 aromatic heterocycles. The second kappa shape index (κ2) is 9.34. The second-order valence-corrected chi connectivity index (χ2v) is 7.03. The summed E-state index contributed by atoms with van der Waals surface area (Å²) in [4.78, 5) is 10.5. The molecular weight excluding hydrogens is 276 g/mol. The first-order valence-electron chi connectivity index (χ1n) is 9.20. The molecule has 1 N–H and O–H groups in total. The zero-order chi connectivity index (χ0) is 15.8. The standard InChI is InChI=1S/C19H32O3/c1-2-3-8-13-22-19-16-12-11-15(14-16)17(19)9-6-4-5-7-10-18(20)21/h4,6,15-17,19H,2-3,5,7-14H2,1H3,(H,20,21)/b6-4+. The van der Waals surface area contributed by atoms with Gasteiger partial charge in [-0.1, -0.05) is 31.9 Å². The number of carbonyl (C=O) groups is 1. The van der Waals surface area contributed by atoms with Crippen molar-refractivity contribution < 1.29 is 14.6 Å². The molecule has 0 aromatic carbocycles. The Morgan fingerprint density at radius 3 is 2.77 bits per heavy atom. The summed E-state index contributed by atoms with van der Waals surface area (Å²) in [5, 5.41) is 8.63. The molecule has 2 aliphatic rings. The molecule has 0 saturated heterocycles. The normalized spacial score (nSPS) is 30.4. The van der Waals surface area contributed by atoms with Gasteiger partial charge in [0, 0.05) is 13.0 Å². The predicted molar refractivity (Wildman–Crippen MR) is 88.8 cm³/mol. The van der Waals surface area contributed by atoms with Gasteiger partial charge in [-0.25, -0.2) is 0 Å². The fourth-order valence-electron chi connectivity index (χ4n) is 4.26. The van der Waals surface area contributed by atoms with Crippen molar-refractivity contribution in [2.24, 2.45) is 17.8 Å². The summed E-state index contributed by atoms with van der Waals surface area (Å²) in [7, 11) is 0. The molecule has 0 aromatic rings. The SMILES string of the molecule is CCCCCOC1C2CCC(C2)C1C/C=C/CCCC(=O)O. The zero-order valence-corrected chi connectivity index (χ0v) is 14.0. The van der Waals surface area contributed by atoms with Crippen LogP contribution in [0.3, 0.4) is 0 Å². The average Bonchev–Trinajstić information content (AvgIpc) is 3.08. The van der Waals surface area contributed by atoms with E-state index in [2.05, 4.69) is 19.1 Å². The van der Waals surface area contributed by atoms with Crippen molar-refractivity contribution in [1.29, 1.82) is 0 Å². The molecule has 2 saturated carbocycles. The van der Waals surface area contributed by atoms with Gasteiger partial charge in [0.1, 0.15) is 0 Å². The Bertz CT molecular complexity index is 364. The van der Waals surface area contributed by atoms with Crippen LogP contribution in [0.2, 0.25) is 0 Å². The van der Waals surface area contributed by atoms with Crippen molar-refractivity contribution in [2.45, 2.75) is 77.2 Å². The first-order valence-corrected chi connectivity index (χ1v) is 9.20. The smallest absolute Gasteiger partial charge is 0.303 e. The molecule has 0 spiro atoms. The molecule has 0 aliphatic heterocycles. The molecule has 4 unspecified atom stereocenters. The van der Waals surface area contributed by atoms with Gasteiger partial charge in [-0.15, -0.1) is 0 Å². The van der Waals surface area contributed by atoms with Crippen LogP contribution in [0.25, 0.3) is 0 Å². The summed E-state index contributed by atoms with van der Waals surface area (Å²) >= 11 is 0. The maximum Gasteiger partial charge on any atom is 0.303 e. The van der Waals surface area contributed by atoms with Gasteiger partial charge in [0.05, 0.1) is 6.10 Å². The number of fused-ring (bicyclic) bond motifs is 2. The van der Waals surface area contributed by atoms with Gasteiger partial charge >= 0.3 is 5.97 Å². The lowest BCUT2D eigenvalue weighted by Gasteiger charge is -2.30. The van der Waals surface area contributed by atoms with Gasteiger partial charge in [0.2, 0.25) is 0 Å². The lowest BCUT2D eigenvalue weighted by atomic mass is 9.84. The van der Waals surface area contributed by atoms with E-state index in [-0.39, 0.29) is 6.42 Å². The molecule has 22 heavy (non-hydrogen) atoms. The number of hydrogen-bond acceptors (Lipinski definition) is 2. The number of allylic oxidation sites excluding steroid dienone is 2. The Morgan fingerprint density at radius 1 is 1.18 bits per heavy atom. The summed E-state index contributed by atoms with van der Waals surface area (Å²) in [6.07, 6.45) is 15.8. The third-order valence-electron chi connectivity index (χ3n) is 5.40. The zero-order valence-electron chi connectivity index (χ0n) is 14.0. The van der Waals surface area contributed by atoms with E-state index >= 15 is 0 Å². The molecule has 0 radical (unpaired) electrons. The molecule has 2 rings (SSSR count). The van der Waals surface area contributed by atoms with Gasteiger partial charge in [0.15, 0.2) is 0 Å². The highest BCUT2D eigenvalue weighted by molar-refractivity contribution is 5.66. The van der Waals surface area contributed by atoms with Crippen molar-refractivity contribution in [3.05, 3.63) is 12.2 Å². The summed E-state index contributed by atoms with van der Waals surface area (Å²) in [5.74, 6) is 1.68. The largest absolute Gasteiger partial charge is 0.481 e. The minimum Gasteiger partial charge on any atom is -0.481 e. The Kier molecular flexibility index (Phi) is 7.44. The predicted octanol–water partition coefficient (Wildman–Crippen LogP) is 4.81. The molecule has 0 amide bonds. The number of hydrogen-bond donors (Lipinski definition) is 1. The number of carboxylic acid groups (broad SMARTS) is 1. The molecule has 2 fully saturated rings. The minimum atomic E-state index is -0.693. The fraction of sp³-hybridized carbons (Fsp3) is 0.842. The number of aliphatic carboxylic acids is 1. The van der Waals surface area contributed by atoms with E-state index < -0.39 is 5.97 Å². The van der Waals surface area contributed by atoms with Gasteiger partial charge in [-0.2, -0.15) is 0 Å². The summed E-state index contributed by atoms with van der Waals surface area (Å²) in [6.45, 7) is 3.16. The fourth-order valence-corrected chi connectivity index (χ4v) is 4.26. The van der Waals surface area contributed by atoms with E-state index in [1.807, 2.05) is 0 Å². The summed E-state index contributed by atoms with van der Waals surface area (Å²) in [5.41, 5.74) is 0. The van der Waals surface area contributed by atoms with E-state index in [1.165, 1.54) is 38.5 Å².